The van der Waals surface area contributed by atoms with Gasteiger partial charge in [-0.2, -0.15) is 0 Å². The van der Waals surface area contributed by atoms with Gasteiger partial charge in [0.05, 0.1) is 22.0 Å². The number of sulfone groups is 1. The molecule has 2 rings (SSSR count). The summed E-state index contributed by atoms with van der Waals surface area (Å²) in [5.74, 6) is -0.978. The van der Waals surface area contributed by atoms with Crippen LogP contribution in [0, 0.1) is 6.92 Å². The molecule has 1 aromatic heterocycles. The zero-order valence-corrected chi connectivity index (χ0v) is 12.3. The second kappa shape index (κ2) is 5.57. The number of aromatic hydroxyl groups is 1. The van der Waals surface area contributed by atoms with Crippen LogP contribution in [0.15, 0.2) is 33.7 Å². The lowest BCUT2D eigenvalue weighted by molar-refractivity contribution is 0.0987. The standard InChI is InChI=1S/C13H14N2O5S/c1-3-21(18,19)9-4-5-11(16)10(7-9)14-13(17)12-6-8(2)15-20-12/h4-7,16H,3H2,1-2H3,(H,14,17). The van der Waals surface area contributed by atoms with Crippen molar-refractivity contribution in [3.8, 4) is 5.75 Å². The smallest absolute Gasteiger partial charge is 0.294 e. The topological polar surface area (TPSA) is 110 Å². The van der Waals surface area contributed by atoms with E-state index in [0.717, 1.165) is 0 Å². The summed E-state index contributed by atoms with van der Waals surface area (Å²) in [7, 11) is -3.43. The summed E-state index contributed by atoms with van der Waals surface area (Å²) < 4.78 is 28.4. The number of rotatable bonds is 4. The number of anilines is 1. The predicted molar refractivity (Wildman–Crippen MR) is 75.0 cm³/mol. The van der Waals surface area contributed by atoms with Gasteiger partial charge in [-0.15, -0.1) is 0 Å². The lowest BCUT2D eigenvalue weighted by Gasteiger charge is -2.08. The first-order valence-electron chi connectivity index (χ1n) is 6.14. The molecule has 0 atom stereocenters. The summed E-state index contributed by atoms with van der Waals surface area (Å²) in [5.41, 5.74) is 0.523. The molecule has 1 amide bonds. The summed E-state index contributed by atoms with van der Waals surface area (Å²) in [6, 6.07) is 5.13. The van der Waals surface area contributed by atoms with Crippen molar-refractivity contribution in [1.29, 1.82) is 0 Å². The summed E-state index contributed by atoms with van der Waals surface area (Å²) in [4.78, 5) is 11.9. The summed E-state index contributed by atoms with van der Waals surface area (Å²) >= 11 is 0. The van der Waals surface area contributed by atoms with Crippen LogP contribution in [0.25, 0.3) is 0 Å². The minimum atomic E-state index is -3.43. The van der Waals surface area contributed by atoms with Crippen LogP contribution in [0.2, 0.25) is 0 Å². The average Bonchev–Trinajstić information content (AvgIpc) is 2.87. The third kappa shape index (κ3) is 3.22. The molecule has 1 heterocycles. The Bertz CT molecular complexity index is 780. The number of amides is 1. The molecule has 7 nitrogen and oxygen atoms in total. The van der Waals surface area contributed by atoms with E-state index in [1.165, 1.54) is 31.2 Å². The Morgan fingerprint density at radius 2 is 2.10 bits per heavy atom. The van der Waals surface area contributed by atoms with E-state index in [2.05, 4.69) is 10.5 Å². The number of nitrogens with one attached hydrogen (secondary N) is 1. The highest BCUT2D eigenvalue weighted by atomic mass is 32.2. The van der Waals surface area contributed by atoms with E-state index in [9.17, 15) is 18.3 Å². The minimum Gasteiger partial charge on any atom is -0.506 e. The quantitative estimate of drug-likeness (QED) is 0.832. The Morgan fingerprint density at radius 3 is 2.67 bits per heavy atom. The van der Waals surface area contributed by atoms with E-state index in [-0.39, 0.29) is 27.8 Å². The lowest BCUT2D eigenvalue weighted by atomic mass is 10.3. The molecular formula is C13H14N2O5S. The first-order chi connectivity index (χ1) is 9.83. The van der Waals surface area contributed by atoms with Crippen molar-refractivity contribution in [3.63, 3.8) is 0 Å². The van der Waals surface area contributed by atoms with Gasteiger partial charge in [-0.1, -0.05) is 12.1 Å². The normalized spacial score (nSPS) is 11.3. The van der Waals surface area contributed by atoms with Crippen molar-refractivity contribution in [3.05, 3.63) is 35.7 Å². The summed E-state index contributed by atoms with van der Waals surface area (Å²) in [6.07, 6.45) is 0. The molecule has 1 aromatic carbocycles. The van der Waals surface area contributed by atoms with E-state index in [0.29, 0.717) is 5.69 Å². The molecule has 0 saturated heterocycles. The second-order valence-corrected chi connectivity index (χ2v) is 6.65. The Hall–Kier alpha value is -2.35. The number of phenolic OH excluding ortho intramolecular Hbond substituents is 1. The van der Waals surface area contributed by atoms with Gasteiger partial charge in [0.2, 0.25) is 5.76 Å². The van der Waals surface area contributed by atoms with E-state index in [1.54, 1.807) is 6.92 Å². The molecule has 0 aliphatic rings. The van der Waals surface area contributed by atoms with Gasteiger partial charge in [0, 0.05) is 6.07 Å². The van der Waals surface area contributed by atoms with Crippen molar-refractivity contribution in [2.45, 2.75) is 18.7 Å². The van der Waals surface area contributed by atoms with Crippen LogP contribution in [0.1, 0.15) is 23.2 Å². The first-order valence-corrected chi connectivity index (χ1v) is 7.79. The van der Waals surface area contributed by atoms with E-state index >= 15 is 0 Å². The number of benzene rings is 1. The summed E-state index contributed by atoms with van der Waals surface area (Å²) in [5, 5.41) is 15.7. The molecule has 112 valence electrons. The maximum atomic E-state index is 11.9. The van der Waals surface area contributed by atoms with E-state index in [4.69, 9.17) is 4.52 Å². The molecule has 2 N–H and O–H groups in total. The van der Waals surface area contributed by atoms with Crippen LogP contribution < -0.4 is 5.32 Å². The molecule has 0 unspecified atom stereocenters. The van der Waals surface area contributed by atoms with Crippen LogP contribution in [0.5, 0.6) is 5.75 Å². The number of aryl methyl sites for hydroxylation is 1. The SMILES string of the molecule is CCS(=O)(=O)c1ccc(O)c(NC(=O)c2cc(C)no2)c1. The van der Waals surface area contributed by atoms with Crippen LogP contribution in [0.3, 0.4) is 0 Å². The zero-order valence-electron chi connectivity index (χ0n) is 11.5. The van der Waals surface area contributed by atoms with Crippen LogP contribution >= 0.6 is 0 Å². The fourth-order valence-electron chi connectivity index (χ4n) is 1.63. The Labute approximate surface area is 121 Å². The van der Waals surface area contributed by atoms with Crippen molar-refractivity contribution in [2.75, 3.05) is 11.1 Å². The van der Waals surface area contributed by atoms with Gasteiger partial charge in [0.25, 0.3) is 5.91 Å². The third-order valence-corrected chi connectivity index (χ3v) is 4.54. The number of phenols is 1. The predicted octanol–water partition coefficient (Wildman–Crippen LogP) is 1.73. The van der Waals surface area contributed by atoms with Gasteiger partial charge in [-0.05, 0) is 25.1 Å². The molecule has 0 aliphatic carbocycles. The van der Waals surface area contributed by atoms with E-state index < -0.39 is 15.7 Å². The first kappa shape index (κ1) is 15.0. The summed E-state index contributed by atoms with van der Waals surface area (Å²) in [6.45, 7) is 3.17. The van der Waals surface area contributed by atoms with Gasteiger partial charge in [-0.3, -0.25) is 4.79 Å². The number of carbonyl (C=O) groups is 1. The Balaban J connectivity index is 2.32. The molecule has 0 radical (unpaired) electrons. The second-order valence-electron chi connectivity index (χ2n) is 4.37. The van der Waals surface area contributed by atoms with Crippen LogP contribution in [-0.4, -0.2) is 30.3 Å². The van der Waals surface area contributed by atoms with Crippen LogP contribution in [0.4, 0.5) is 5.69 Å². The largest absolute Gasteiger partial charge is 0.506 e. The van der Waals surface area contributed by atoms with Crippen LogP contribution in [-0.2, 0) is 9.84 Å². The molecule has 2 aromatic rings. The number of hydrogen-bond acceptors (Lipinski definition) is 6. The molecule has 0 fully saturated rings. The fourth-order valence-corrected chi connectivity index (χ4v) is 2.54. The molecular weight excluding hydrogens is 296 g/mol. The zero-order chi connectivity index (χ0) is 15.6. The highest BCUT2D eigenvalue weighted by molar-refractivity contribution is 7.91. The van der Waals surface area contributed by atoms with Crippen molar-refractivity contribution < 1.29 is 22.8 Å². The van der Waals surface area contributed by atoms with E-state index in [1.807, 2.05) is 0 Å². The number of carbonyl (C=O) groups excluding carboxylic acids is 1. The van der Waals surface area contributed by atoms with Gasteiger partial charge < -0.3 is 14.9 Å². The molecule has 8 heteroatoms. The maximum absolute atomic E-state index is 11.9. The number of nitrogens with zero attached hydrogens (tertiary/aromatic N) is 1. The van der Waals surface area contributed by atoms with Gasteiger partial charge >= 0.3 is 0 Å². The Kier molecular flexibility index (Phi) is 3.99. The minimum absolute atomic E-state index is 0.0106. The highest BCUT2D eigenvalue weighted by Gasteiger charge is 2.17. The number of hydrogen-bond donors (Lipinski definition) is 2. The molecule has 0 saturated carbocycles. The Morgan fingerprint density at radius 1 is 1.38 bits per heavy atom. The molecule has 0 spiro atoms. The van der Waals surface area contributed by atoms with Gasteiger partial charge in [-0.25, -0.2) is 8.42 Å². The molecule has 0 bridgehead atoms. The molecule has 0 aliphatic heterocycles. The fraction of sp³-hybridized carbons (Fsp3) is 0.231. The van der Waals surface area contributed by atoms with Gasteiger partial charge in [0.15, 0.2) is 9.84 Å². The van der Waals surface area contributed by atoms with Gasteiger partial charge in [0.1, 0.15) is 5.75 Å². The molecule has 21 heavy (non-hydrogen) atoms. The maximum Gasteiger partial charge on any atom is 0.294 e. The number of aromatic nitrogens is 1. The van der Waals surface area contributed by atoms with Crippen molar-refractivity contribution in [1.82, 2.24) is 5.16 Å². The lowest BCUT2D eigenvalue weighted by Crippen LogP contribution is -2.12. The third-order valence-electron chi connectivity index (χ3n) is 2.81. The average molecular weight is 310 g/mol. The monoisotopic (exact) mass is 310 g/mol. The highest BCUT2D eigenvalue weighted by Crippen LogP contribution is 2.27. The van der Waals surface area contributed by atoms with Crippen molar-refractivity contribution in [2.24, 2.45) is 0 Å². The van der Waals surface area contributed by atoms with Crippen molar-refractivity contribution >= 4 is 21.4 Å².